The van der Waals surface area contributed by atoms with E-state index in [-0.39, 0.29) is 10.8 Å². The van der Waals surface area contributed by atoms with E-state index in [1.807, 2.05) is 0 Å². The van der Waals surface area contributed by atoms with Crippen LogP contribution in [0.5, 0.6) is 0 Å². The van der Waals surface area contributed by atoms with Gasteiger partial charge in [-0.05, 0) is 23.7 Å². The molecular weight excluding hydrogens is 222 g/mol. The Labute approximate surface area is 103 Å². The van der Waals surface area contributed by atoms with Crippen molar-refractivity contribution in [1.82, 2.24) is 4.31 Å². The molecule has 0 aliphatic rings. The average Bonchev–Trinajstić information content (AvgIpc) is 2.16. The molecule has 0 fully saturated rings. The van der Waals surface area contributed by atoms with Crippen LogP contribution < -0.4 is 0 Å². The van der Waals surface area contributed by atoms with E-state index in [2.05, 4.69) is 41.5 Å². The molecule has 1 atom stereocenters. The summed E-state index contributed by atoms with van der Waals surface area (Å²) in [5.41, 5.74) is 0.0911. The first-order valence-electron chi connectivity index (χ1n) is 5.98. The van der Waals surface area contributed by atoms with Crippen molar-refractivity contribution in [2.45, 2.75) is 54.4 Å². The van der Waals surface area contributed by atoms with Gasteiger partial charge >= 0.3 is 0 Å². The molecule has 0 bridgehead atoms. The van der Waals surface area contributed by atoms with Gasteiger partial charge in [-0.3, -0.25) is 4.21 Å². The van der Waals surface area contributed by atoms with Crippen LogP contribution in [0, 0.1) is 10.8 Å². The minimum atomic E-state index is -2.12. The third-order valence-electron chi connectivity index (χ3n) is 3.33. The first kappa shape index (κ1) is 16.1. The van der Waals surface area contributed by atoms with Gasteiger partial charge in [0.2, 0.25) is 0 Å². The van der Waals surface area contributed by atoms with E-state index < -0.39 is 11.3 Å². The third kappa shape index (κ3) is 5.97. The summed E-state index contributed by atoms with van der Waals surface area (Å²) >= 11 is -2.12. The van der Waals surface area contributed by atoms with Crippen molar-refractivity contribution in [3.8, 4) is 0 Å². The maximum absolute atomic E-state index is 11.2. The van der Waals surface area contributed by atoms with E-state index in [9.17, 15) is 8.76 Å². The second-order valence-corrected chi connectivity index (χ2v) is 7.00. The molecule has 0 heterocycles. The zero-order chi connectivity index (χ0) is 13.0. The molecule has 3 nitrogen and oxygen atoms in total. The molecule has 0 aliphatic carbocycles. The lowest BCUT2D eigenvalue weighted by atomic mass is 9.87. The summed E-state index contributed by atoms with van der Waals surface area (Å²) in [6.07, 6.45) is 1.96. The molecule has 0 spiro atoms. The van der Waals surface area contributed by atoms with E-state index in [1.165, 1.54) is 0 Å². The van der Waals surface area contributed by atoms with Crippen LogP contribution in [0.4, 0.5) is 0 Å². The monoisotopic (exact) mass is 248 g/mol. The molecule has 0 radical (unpaired) electrons. The fourth-order valence-electron chi connectivity index (χ4n) is 1.34. The maximum atomic E-state index is 11.2. The normalized spacial score (nSPS) is 15.5. The average molecular weight is 248 g/mol. The van der Waals surface area contributed by atoms with Crippen molar-refractivity contribution in [3.05, 3.63) is 0 Å². The SMILES string of the molecule is CCC(C)(C)CN(CC(C)(C)CC)S(=O)[O-]. The highest BCUT2D eigenvalue weighted by atomic mass is 32.2. The minimum Gasteiger partial charge on any atom is -0.760 e. The largest absolute Gasteiger partial charge is 0.760 e. The van der Waals surface area contributed by atoms with E-state index in [0.29, 0.717) is 13.1 Å². The Morgan fingerprint density at radius 2 is 1.31 bits per heavy atom. The molecule has 1 unspecified atom stereocenters. The van der Waals surface area contributed by atoms with Gasteiger partial charge in [0.05, 0.1) is 0 Å². The Bertz CT molecular complexity index is 221. The molecule has 16 heavy (non-hydrogen) atoms. The lowest BCUT2D eigenvalue weighted by Crippen LogP contribution is -2.40. The summed E-state index contributed by atoms with van der Waals surface area (Å²) < 4.78 is 24.0. The molecule has 0 saturated carbocycles. The number of hydrogen-bond donors (Lipinski definition) is 0. The van der Waals surface area contributed by atoms with Crippen LogP contribution in [-0.2, 0) is 11.3 Å². The molecule has 0 aliphatic heterocycles. The summed E-state index contributed by atoms with van der Waals surface area (Å²) in [5.74, 6) is 0. The van der Waals surface area contributed by atoms with E-state index in [1.54, 1.807) is 4.31 Å². The third-order valence-corrected chi connectivity index (χ3v) is 4.01. The van der Waals surface area contributed by atoms with Gasteiger partial charge in [-0.2, -0.15) is 0 Å². The van der Waals surface area contributed by atoms with Crippen molar-refractivity contribution >= 4 is 11.3 Å². The van der Waals surface area contributed by atoms with Gasteiger partial charge in [0, 0.05) is 24.4 Å². The second kappa shape index (κ2) is 6.12. The Balaban J connectivity index is 4.59. The van der Waals surface area contributed by atoms with Crippen molar-refractivity contribution in [3.63, 3.8) is 0 Å². The van der Waals surface area contributed by atoms with Crippen LogP contribution in [0.25, 0.3) is 0 Å². The molecule has 0 saturated heterocycles. The van der Waals surface area contributed by atoms with Crippen molar-refractivity contribution in [2.24, 2.45) is 10.8 Å². The first-order chi connectivity index (χ1) is 7.13. The van der Waals surface area contributed by atoms with Crippen LogP contribution in [0.15, 0.2) is 0 Å². The molecule has 0 amide bonds. The standard InChI is InChI=1S/C12H27NO2S/c1-7-11(3,4)9-13(16(14)15)10-12(5,6)8-2/h7-10H2,1-6H3,(H,14,15)/p-1. The zero-order valence-electron chi connectivity index (χ0n) is 11.5. The van der Waals surface area contributed by atoms with E-state index in [4.69, 9.17) is 0 Å². The molecule has 98 valence electrons. The minimum absolute atomic E-state index is 0.0455. The summed E-state index contributed by atoms with van der Waals surface area (Å²) in [7, 11) is 0. The lowest BCUT2D eigenvalue weighted by molar-refractivity contribution is 0.188. The van der Waals surface area contributed by atoms with Gasteiger partial charge in [-0.1, -0.05) is 41.5 Å². The van der Waals surface area contributed by atoms with Crippen molar-refractivity contribution < 1.29 is 8.76 Å². The Morgan fingerprint density at radius 3 is 1.50 bits per heavy atom. The first-order valence-corrected chi connectivity index (χ1v) is 7.01. The van der Waals surface area contributed by atoms with Crippen LogP contribution >= 0.6 is 0 Å². The fourth-order valence-corrected chi connectivity index (χ4v) is 2.25. The van der Waals surface area contributed by atoms with Crippen molar-refractivity contribution in [1.29, 1.82) is 0 Å². The zero-order valence-corrected chi connectivity index (χ0v) is 12.3. The second-order valence-electron chi connectivity index (χ2n) is 6.05. The highest BCUT2D eigenvalue weighted by Gasteiger charge is 2.25. The molecule has 0 aromatic carbocycles. The molecule has 0 rings (SSSR count). The molecule has 0 N–H and O–H groups in total. The highest BCUT2D eigenvalue weighted by Crippen LogP contribution is 2.26. The topological polar surface area (TPSA) is 43.4 Å². The summed E-state index contributed by atoms with van der Waals surface area (Å²) in [4.78, 5) is 0. The van der Waals surface area contributed by atoms with Gasteiger partial charge in [0.15, 0.2) is 0 Å². The Hall–Kier alpha value is 0.0700. The van der Waals surface area contributed by atoms with Crippen LogP contribution in [0.3, 0.4) is 0 Å². The molecule has 0 aromatic rings. The van der Waals surface area contributed by atoms with E-state index >= 15 is 0 Å². The molecule has 0 aromatic heterocycles. The number of rotatable bonds is 7. The van der Waals surface area contributed by atoms with E-state index in [0.717, 1.165) is 12.8 Å². The molecule has 4 heteroatoms. The lowest BCUT2D eigenvalue weighted by Gasteiger charge is -2.37. The molecular formula is C12H26NO2S-. The van der Waals surface area contributed by atoms with Crippen LogP contribution in [-0.4, -0.2) is 26.2 Å². The smallest absolute Gasteiger partial charge is 0.0209 e. The van der Waals surface area contributed by atoms with Gasteiger partial charge in [-0.15, -0.1) is 0 Å². The summed E-state index contributed by atoms with van der Waals surface area (Å²) in [6.45, 7) is 13.8. The Morgan fingerprint density at radius 1 is 1.00 bits per heavy atom. The van der Waals surface area contributed by atoms with Gasteiger partial charge in [-0.25, -0.2) is 4.31 Å². The number of hydrogen-bond acceptors (Lipinski definition) is 2. The number of nitrogens with zero attached hydrogens (tertiary/aromatic N) is 1. The maximum Gasteiger partial charge on any atom is 0.0209 e. The van der Waals surface area contributed by atoms with Crippen LogP contribution in [0.2, 0.25) is 0 Å². The van der Waals surface area contributed by atoms with Crippen LogP contribution in [0.1, 0.15) is 54.4 Å². The predicted octanol–water partition coefficient (Wildman–Crippen LogP) is 2.95. The van der Waals surface area contributed by atoms with Gasteiger partial charge < -0.3 is 4.55 Å². The van der Waals surface area contributed by atoms with Gasteiger partial charge in [0.25, 0.3) is 0 Å². The fraction of sp³-hybridized carbons (Fsp3) is 1.00. The summed E-state index contributed by atoms with van der Waals surface area (Å²) in [6, 6.07) is 0. The van der Waals surface area contributed by atoms with Crippen molar-refractivity contribution in [2.75, 3.05) is 13.1 Å². The quantitative estimate of drug-likeness (QED) is 0.650. The predicted molar refractivity (Wildman–Crippen MR) is 68.6 cm³/mol. The summed E-state index contributed by atoms with van der Waals surface area (Å²) in [5, 5.41) is 0. The Kier molecular flexibility index (Phi) is 6.15. The highest BCUT2D eigenvalue weighted by molar-refractivity contribution is 7.76. The van der Waals surface area contributed by atoms with Gasteiger partial charge in [0.1, 0.15) is 0 Å².